The van der Waals surface area contributed by atoms with E-state index in [0.717, 1.165) is 0 Å². The third-order valence-corrected chi connectivity index (χ3v) is 2.38. The lowest BCUT2D eigenvalue weighted by Crippen LogP contribution is -2.34. The molecule has 0 saturated heterocycles. The van der Waals surface area contributed by atoms with Crippen molar-refractivity contribution in [3.63, 3.8) is 0 Å². The van der Waals surface area contributed by atoms with Crippen molar-refractivity contribution < 1.29 is 9.53 Å². The van der Waals surface area contributed by atoms with Gasteiger partial charge in [-0.3, -0.25) is 9.13 Å². The minimum absolute atomic E-state index is 0.189. The maximum atomic E-state index is 11.8. The summed E-state index contributed by atoms with van der Waals surface area (Å²) in [4.78, 5) is 23.6. The highest BCUT2D eigenvalue weighted by Crippen LogP contribution is 2.13. The molecule has 1 heterocycles. The largest absolute Gasteiger partial charge is 0.458 e. The molecule has 0 aliphatic heterocycles. The second-order valence-corrected chi connectivity index (χ2v) is 4.98. The molecule has 0 bridgehead atoms. The molecule has 1 aromatic heterocycles. The van der Waals surface area contributed by atoms with Crippen LogP contribution in [0.1, 0.15) is 40.7 Å². The van der Waals surface area contributed by atoms with Crippen molar-refractivity contribution in [2.24, 2.45) is 0 Å². The topological polar surface area (TPSA) is 53.2 Å². The van der Waals surface area contributed by atoms with Crippen molar-refractivity contribution >= 4 is 5.97 Å². The molecule has 1 aromatic rings. The maximum absolute atomic E-state index is 11.8. The number of rotatable bonds is 3. The average Bonchev–Trinajstić information content (AvgIpc) is 2.55. The van der Waals surface area contributed by atoms with Crippen LogP contribution < -0.4 is 5.69 Å². The lowest BCUT2D eigenvalue weighted by molar-refractivity contribution is -0.158. The number of aryl methyl sites for hydroxylation is 1. The van der Waals surface area contributed by atoms with Gasteiger partial charge in [-0.1, -0.05) is 0 Å². The van der Waals surface area contributed by atoms with Gasteiger partial charge in [0.15, 0.2) is 0 Å². The van der Waals surface area contributed by atoms with Crippen LogP contribution in [0, 0.1) is 0 Å². The van der Waals surface area contributed by atoms with Crippen molar-refractivity contribution in [2.75, 3.05) is 0 Å². The zero-order valence-electron chi connectivity index (χ0n) is 11.1. The van der Waals surface area contributed by atoms with Crippen molar-refractivity contribution in [2.45, 2.75) is 52.8 Å². The van der Waals surface area contributed by atoms with Gasteiger partial charge in [-0.2, -0.15) is 0 Å². The van der Waals surface area contributed by atoms with Crippen LogP contribution in [0.3, 0.4) is 0 Å². The van der Waals surface area contributed by atoms with Crippen LogP contribution in [0.15, 0.2) is 17.2 Å². The van der Waals surface area contributed by atoms with Gasteiger partial charge in [-0.25, -0.2) is 9.59 Å². The van der Waals surface area contributed by atoms with Crippen molar-refractivity contribution in [1.29, 1.82) is 0 Å². The fourth-order valence-electron chi connectivity index (χ4n) is 1.46. The van der Waals surface area contributed by atoms with Gasteiger partial charge in [0.1, 0.15) is 11.6 Å². The number of aromatic nitrogens is 2. The van der Waals surface area contributed by atoms with E-state index in [2.05, 4.69) is 0 Å². The highest BCUT2D eigenvalue weighted by atomic mass is 16.6. The van der Waals surface area contributed by atoms with Crippen LogP contribution in [0.4, 0.5) is 0 Å². The fourth-order valence-corrected chi connectivity index (χ4v) is 1.46. The number of imidazole rings is 1. The van der Waals surface area contributed by atoms with E-state index in [9.17, 15) is 9.59 Å². The summed E-state index contributed by atoms with van der Waals surface area (Å²) in [6.07, 6.45) is 3.28. The quantitative estimate of drug-likeness (QED) is 0.754. The molecule has 1 rings (SSSR count). The molecule has 1 atom stereocenters. The predicted molar refractivity (Wildman–Crippen MR) is 64.9 cm³/mol. The van der Waals surface area contributed by atoms with Gasteiger partial charge in [0.25, 0.3) is 0 Å². The molecule has 0 aromatic carbocycles. The molecule has 0 fully saturated rings. The summed E-state index contributed by atoms with van der Waals surface area (Å²) in [5, 5.41) is 0. The Morgan fingerprint density at radius 3 is 2.41 bits per heavy atom. The summed E-state index contributed by atoms with van der Waals surface area (Å²) in [7, 11) is 0. The van der Waals surface area contributed by atoms with Gasteiger partial charge in [0, 0.05) is 18.9 Å². The Hall–Kier alpha value is -1.52. The SMILES string of the molecule is CCn1ccn(C(C)C(=O)OC(C)(C)C)c1=O. The first kappa shape index (κ1) is 13.5. The predicted octanol–water partition coefficient (Wildman–Crippen LogP) is 1.57. The smallest absolute Gasteiger partial charge is 0.329 e. The maximum Gasteiger partial charge on any atom is 0.329 e. The number of hydrogen-bond donors (Lipinski definition) is 0. The van der Waals surface area contributed by atoms with E-state index in [1.165, 1.54) is 4.57 Å². The third-order valence-electron chi connectivity index (χ3n) is 2.38. The van der Waals surface area contributed by atoms with E-state index < -0.39 is 17.6 Å². The number of carbonyl (C=O) groups is 1. The van der Waals surface area contributed by atoms with Gasteiger partial charge in [-0.15, -0.1) is 0 Å². The number of carbonyl (C=O) groups excluding carboxylic acids is 1. The van der Waals surface area contributed by atoms with Gasteiger partial charge >= 0.3 is 11.7 Å². The molecule has 0 amide bonds. The number of nitrogens with zero attached hydrogens (tertiary/aromatic N) is 2. The van der Waals surface area contributed by atoms with E-state index in [1.54, 1.807) is 44.7 Å². The molecule has 96 valence electrons. The Balaban J connectivity index is 2.89. The van der Waals surface area contributed by atoms with E-state index in [1.807, 2.05) is 6.92 Å². The molecule has 0 saturated carbocycles. The normalized spacial score (nSPS) is 13.5. The van der Waals surface area contributed by atoms with Gasteiger partial charge in [0.05, 0.1) is 0 Å². The summed E-state index contributed by atoms with van der Waals surface area (Å²) in [5.41, 5.74) is -0.728. The highest BCUT2D eigenvalue weighted by molar-refractivity contribution is 5.74. The van der Waals surface area contributed by atoms with Crippen molar-refractivity contribution in [3.05, 3.63) is 22.9 Å². The first-order valence-electron chi connectivity index (χ1n) is 5.76. The molecule has 0 radical (unpaired) electrons. The molecule has 17 heavy (non-hydrogen) atoms. The van der Waals surface area contributed by atoms with Crippen LogP contribution in [0.25, 0.3) is 0 Å². The fraction of sp³-hybridized carbons (Fsp3) is 0.667. The molecule has 0 aliphatic carbocycles. The summed E-state index contributed by atoms with van der Waals surface area (Å²) >= 11 is 0. The second kappa shape index (κ2) is 4.77. The average molecular weight is 240 g/mol. The Morgan fingerprint density at radius 1 is 1.41 bits per heavy atom. The van der Waals surface area contributed by atoms with E-state index >= 15 is 0 Å². The number of ether oxygens (including phenoxy) is 1. The Kier molecular flexibility index (Phi) is 3.80. The van der Waals surface area contributed by atoms with Gasteiger partial charge in [0.2, 0.25) is 0 Å². The molecular formula is C12H20N2O3. The lowest BCUT2D eigenvalue weighted by atomic mass is 10.2. The lowest BCUT2D eigenvalue weighted by Gasteiger charge is -2.22. The zero-order chi connectivity index (χ0) is 13.2. The van der Waals surface area contributed by atoms with Gasteiger partial charge in [-0.05, 0) is 34.6 Å². The summed E-state index contributed by atoms with van der Waals surface area (Å²) in [5.74, 6) is -0.395. The van der Waals surface area contributed by atoms with Crippen molar-refractivity contribution in [1.82, 2.24) is 9.13 Å². The van der Waals surface area contributed by atoms with Crippen LogP contribution in [-0.4, -0.2) is 20.7 Å². The first-order valence-corrected chi connectivity index (χ1v) is 5.76. The monoisotopic (exact) mass is 240 g/mol. The molecule has 0 aliphatic rings. The van der Waals surface area contributed by atoms with Crippen molar-refractivity contribution in [3.8, 4) is 0 Å². The van der Waals surface area contributed by atoms with E-state index in [0.29, 0.717) is 6.54 Å². The molecule has 1 unspecified atom stereocenters. The minimum atomic E-state index is -0.602. The molecule has 5 nitrogen and oxygen atoms in total. The Bertz CT molecular complexity index is 451. The van der Waals surface area contributed by atoms with Gasteiger partial charge < -0.3 is 4.74 Å². The third kappa shape index (κ3) is 3.22. The van der Waals surface area contributed by atoms with E-state index in [-0.39, 0.29) is 5.69 Å². The molecule has 5 heteroatoms. The minimum Gasteiger partial charge on any atom is -0.458 e. The first-order chi connectivity index (χ1) is 7.76. The van der Waals surface area contributed by atoms with Crippen LogP contribution in [0.2, 0.25) is 0 Å². The van der Waals surface area contributed by atoms with Crippen LogP contribution >= 0.6 is 0 Å². The summed E-state index contributed by atoms with van der Waals surface area (Å²) < 4.78 is 8.17. The molecule has 0 N–H and O–H groups in total. The highest BCUT2D eigenvalue weighted by Gasteiger charge is 2.24. The summed E-state index contributed by atoms with van der Waals surface area (Å²) in [6.45, 7) is 9.54. The number of hydrogen-bond acceptors (Lipinski definition) is 3. The Labute approximate surface area is 101 Å². The number of esters is 1. The zero-order valence-corrected chi connectivity index (χ0v) is 11.1. The Morgan fingerprint density at radius 2 is 2.00 bits per heavy atom. The standard InChI is InChI=1S/C12H20N2O3/c1-6-13-7-8-14(11(13)16)9(2)10(15)17-12(3,4)5/h7-9H,6H2,1-5H3. The molecular weight excluding hydrogens is 220 g/mol. The summed E-state index contributed by atoms with van der Waals surface area (Å²) in [6, 6.07) is -0.602. The van der Waals surface area contributed by atoms with Crippen LogP contribution in [-0.2, 0) is 16.1 Å². The van der Waals surface area contributed by atoms with Crippen LogP contribution in [0.5, 0.6) is 0 Å². The molecule has 0 spiro atoms. The van der Waals surface area contributed by atoms with E-state index in [4.69, 9.17) is 4.74 Å². The second-order valence-electron chi connectivity index (χ2n) is 4.98.